The minimum absolute atomic E-state index is 0.00462. The third-order valence-electron chi connectivity index (χ3n) is 4.00. The van der Waals surface area contributed by atoms with Crippen molar-refractivity contribution in [3.05, 3.63) is 40.6 Å². The first-order chi connectivity index (χ1) is 12.5. The molecule has 7 heteroatoms. The molecule has 2 aromatic carbocycles. The molecule has 1 heterocycles. The summed E-state index contributed by atoms with van der Waals surface area (Å²) in [6, 6.07) is 7.92. The Morgan fingerprint density at radius 3 is 2.08 bits per heavy atom. The smallest absolute Gasteiger partial charge is 0.235 e. The van der Waals surface area contributed by atoms with Crippen LogP contribution in [0, 0.1) is 0 Å². The average molecular weight is 358 g/mol. The Hall–Kier alpha value is -3.35. The molecule has 0 saturated carbocycles. The van der Waals surface area contributed by atoms with Gasteiger partial charge >= 0.3 is 0 Å². The lowest BCUT2D eigenvalue weighted by Gasteiger charge is -2.14. The van der Waals surface area contributed by atoms with E-state index in [0.29, 0.717) is 28.6 Å². The maximum absolute atomic E-state index is 12.5. The van der Waals surface area contributed by atoms with Crippen molar-refractivity contribution >= 4 is 11.0 Å². The number of rotatable bonds is 5. The molecule has 3 aromatic rings. The third kappa shape index (κ3) is 2.77. The van der Waals surface area contributed by atoms with E-state index in [2.05, 4.69) is 0 Å². The van der Waals surface area contributed by atoms with Crippen molar-refractivity contribution in [1.82, 2.24) is 0 Å². The lowest BCUT2D eigenvalue weighted by Crippen LogP contribution is -2.03. The maximum Gasteiger partial charge on any atom is 0.235 e. The molecule has 26 heavy (non-hydrogen) atoms. The molecule has 0 aliphatic carbocycles. The zero-order valence-corrected chi connectivity index (χ0v) is 14.8. The Morgan fingerprint density at radius 2 is 1.54 bits per heavy atom. The second kappa shape index (κ2) is 6.87. The molecule has 1 N–H and O–H groups in total. The van der Waals surface area contributed by atoms with Crippen LogP contribution in [0.1, 0.15) is 0 Å². The number of methoxy groups -OCH3 is 4. The Kier molecular flexibility index (Phi) is 4.62. The standard InChI is InChI=1S/C19H18O7/c1-22-11-5-6-12-13(9-11)26-18(17(21)16(12)20)10-7-14(23-2)19(25-4)15(8-10)24-3/h5-9,21H,1-4H3. The first kappa shape index (κ1) is 17.5. The van der Waals surface area contributed by atoms with Crippen LogP contribution in [-0.2, 0) is 0 Å². The van der Waals surface area contributed by atoms with Crippen molar-refractivity contribution in [3.8, 4) is 40.1 Å². The largest absolute Gasteiger partial charge is 0.502 e. The van der Waals surface area contributed by atoms with Crippen LogP contribution in [0.2, 0.25) is 0 Å². The maximum atomic E-state index is 12.5. The van der Waals surface area contributed by atoms with Gasteiger partial charge in [-0.3, -0.25) is 4.79 Å². The Morgan fingerprint density at radius 1 is 0.885 bits per heavy atom. The number of ether oxygens (including phenoxy) is 4. The van der Waals surface area contributed by atoms with E-state index < -0.39 is 11.2 Å². The van der Waals surface area contributed by atoms with E-state index in [9.17, 15) is 9.90 Å². The van der Waals surface area contributed by atoms with Gasteiger partial charge in [-0.15, -0.1) is 0 Å². The van der Waals surface area contributed by atoms with E-state index in [-0.39, 0.29) is 16.7 Å². The summed E-state index contributed by atoms with van der Waals surface area (Å²) in [7, 11) is 5.95. The minimum Gasteiger partial charge on any atom is -0.502 e. The summed E-state index contributed by atoms with van der Waals surface area (Å²) in [5.74, 6) is 1.15. The number of fused-ring (bicyclic) bond motifs is 1. The van der Waals surface area contributed by atoms with E-state index in [1.165, 1.54) is 28.4 Å². The number of aromatic hydroxyl groups is 1. The van der Waals surface area contributed by atoms with Crippen LogP contribution in [0.15, 0.2) is 39.5 Å². The SMILES string of the molecule is COc1ccc2c(=O)c(O)c(-c3cc(OC)c(OC)c(OC)c3)oc2c1. The highest BCUT2D eigenvalue weighted by atomic mass is 16.5. The van der Waals surface area contributed by atoms with Crippen LogP contribution in [0.25, 0.3) is 22.3 Å². The summed E-state index contributed by atoms with van der Waals surface area (Å²) in [6.45, 7) is 0. The van der Waals surface area contributed by atoms with E-state index in [4.69, 9.17) is 23.4 Å². The zero-order valence-electron chi connectivity index (χ0n) is 14.8. The molecule has 0 aliphatic rings. The lowest BCUT2D eigenvalue weighted by atomic mass is 10.1. The van der Waals surface area contributed by atoms with Gasteiger partial charge in [0, 0.05) is 11.6 Å². The highest BCUT2D eigenvalue weighted by molar-refractivity contribution is 5.83. The molecule has 7 nitrogen and oxygen atoms in total. The van der Waals surface area contributed by atoms with Crippen molar-refractivity contribution in [1.29, 1.82) is 0 Å². The van der Waals surface area contributed by atoms with Crippen molar-refractivity contribution in [3.63, 3.8) is 0 Å². The van der Waals surface area contributed by atoms with Gasteiger partial charge in [-0.05, 0) is 24.3 Å². The molecule has 0 spiro atoms. The van der Waals surface area contributed by atoms with E-state index >= 15 is 0 Å². The summed E-state index contributed by atoms with van der Waals surface area (Å²) in [5, 5.41) is 10.6. The molecule has 136 valence electrons. The second-order valence-electron chi connectivity index (χ2n) is 5.39. The lowest BCUT2D eigenvalue weighted by molar-refractivity contribution is 0.324. The molecule has 0 aliphatic heterocycles. The molecule has 0 bridgehead atoms. The first-order valence-electron chi connectivity index (χ1n) is 7.68. The van der Waals surface area contributed by atoms with Gasteiger partial charge in [0.25, 0.3) is 0 Å². The normalized spacial score (nSPS) is 10.6. The van der Waals surface area contributed by atoms with Gasteiger partial charge in [0.2, 0.25) is 16.9 Å². The fourth-order valence-electron chi connectivity index (χ4n) is 2.70. The summed E-state index contributed by atoms with van der Waals surface area (Å²) >= 11 is 0. The van der Waals surface area contributed by atoms with Gasteiger partial charge in [0.15, 0.2) is 17.3 Å². The molecule has 3 rings (SSSR count). The second-order valence-corrected chi connectivity index (χ2v) is 5.39. The molecule has 0 fully saturated rings. The van der Waals surface area contributed by atoms with Crippen molar-refractivity contribution in [2.75, 3.05) is 28.4 Å². The molecule has 0 amide bonds. The summed E-state index contributed by atoms with van der Waals surface area (Å²) in [5.41, 5.74) is 0.146. The molecule has 0 radical (unpaired) electrons. The molecule has 0 saturated heterocycles. The minimum atomic E-state index is -0.544. The number of hydrogen-bond acceptors (Lipinski definition) is 7. The van der Waals surface area contributed by atoms with E-state index in [1.54, 1.807) is 30.3 Å². The summed E-state index contributed by atoms with van der Waals surface area (Å²) in [6.07, 6.45) is 0. The van der Waals surface area contributed by atoms with Crippen LogP contribution < -0.4 is 24.4 Å². The van der Waals surface area contributed by atoms with E-state index in [1.807, 2.05) is 0 Å². The number of hydrogen-bond donors (Lipinski definition) is 1. The zero-order chi connectivity index (χ0) is 18.8. The summed E-state index contributed by atoms with van der Waals surface area (Å²) < 4.78 is 26.9. The predicted octanol–water partition coefficient (Wildman–Crippen LogP) is 3.20. The van der Waals surface area contributed by atoms with Crippen LogP contribution in [-0.4, -0.2) is 33.5 Å². The predicted molar refractivity (Wildman–Crippen MR) is 95.8 cm³/mol. The van der Waals surface area contributed by atoms with Crippen molar-refractivity contribution < 1.29 is 28.5 Å². The molecular weight excluding hydrogens is 340 g/mol. The van der Waals surface area contributed by atoms with Gasteiger partial charge < -0.3 is 28.5 Å². The number of benzene rings is 2. The van der Waals surface area contributed by atoms with Gasteiger partial charge in [0.05, 0.1) is 33.8 Å². The van der Waals surface area contributed by atoms with Crippen molar-refractivity contribution in [2.24, 2.45) is 0 Å². The molecule has 0 unspecified atom stereocenters. The van der Waals surface area contributed by atoms with Gasteiger partial charge in [0.1, 0.15) is 11.3 Å². The average Bonchev–Trinajstić information content (AvgIpc) is 2.68. The highest BCUT2D eigenvalue weighted by Gasteiger charge is 2.20. The van der Waals surface area contributed by atoms with Crippen LogP contribution in [0.4, 0.5) is 0 Å². The van der Waals surface area contributed by atoms with Crippen LogP contribution in [0.3, 0.4) is 0 Å². The van der Waals surface area contributed by atoms with Crippen LogP contribution >= 0.6 is 0 Å². The fourth-order valence-corrected chi connectivity index (χ4v) is 2.70. The van der Waals surface area contributed by atoms with E-state index in [0.717, 1.165) is 0 Å². The van der Waals surface area contributed by atoms with Crippen molar-refractivity contribution in [2.45, 2.75) is 0 Å². The molecule has 0 atom stereocenters. The Labute approximate surface area is 149 Å². The summed E-state index contributed by atoms with van der Waals surface area (Å²) in [4.78, 5) is 12.5. The molecular formula is C19H18O7. The van der Waals surface area contributed by atoms with Gasteiger partial charge in [-0.25, -0.2) is 0 Å². The fraction of sp³-hybridized carbons (Fsp3) is 0.211. The van der Waals surface area contributed by atoms with Crippen LogP contribution in [0.5, 0.6) is 28.7 Å². The van der Waals surface area contributed by atoms with Gasteiger partial charge in [-0.1, -0.05) is 0 Å². The highest BCUT2D eigenvalue weighted by Crippen LogP contribution is 2.43. The van der Waals surface area contributed by atoms with Gasteiger partial charge in [-0.2, -0.15) is 0 Å². The molecule has 1 aromatic heterocycles. The topological polar surface area (TPSA) is 87.4 Å². The Bertz CT molecular complexity index is 995. The quantitative estimate of drug-likeness (QED) is 0.749. The third-order valence-corrected chi connectivity index (χ3v) is 4.00. The monoisotopic (exact) mass is 358 g/mol. The first-order valence-corrected chi connectivity index (χ1v) is 7.68. The Balaban J connectivity index is 2.31.